The normalized spacial score (nSPS) is 13.1. The second kappa shape index (κ2) is 9.46. The van der Waals surface area contributed by atoms with Gasteiger partial charge < -0.3 is 15.5 Å². The lowest BCUT2D eigenvalue weighted by Crippen LogP contribution is -2.21. The monoisotopic (exact) mass is 473 g/mol. The molecule has 3 aromatic carbocycles. The Morgan fingerprint density at radius 2 is 1.69 bits per heavy atom. The van der Waals surface area contributed by atoms with Crippen LogP contribution >= 0.6 is 0 Å². The lowest BCUT2D eigenvalue weighted by Gasteiger charge is -2.16. The van der Waals surface area contributed by atoms with E-state index >= 15 is 4.39 Å². The fourth-order valence-electron chi connectivity index (χ4n) is 4.05. The summed E-state index contributed by atoms with van der Waals surface area (Å²) in [4.78, 5) is 36.6. The van der Waals surface area contributed by atoms with Crippen LogP contribution in [0.5, 0.6) is 0 Å². The first-order valence-electron chi connectivity index (χ1n) is 11.2. The van der Waals surface area contributed by atoms with Gasteiger partial charge in [-0.2, -0.15) is 0 Å². The summed E-state index contributed by atoms with van der Waals surface area (Å²) in [6, 6.07) is 13.5. The largest absolute Gasteiger partial charge is 0.355 e. The van der Waals surface area contributed by atoms with Crippen molar-refractivity contribution in [2.75, 3.05) is 28.6 Å². The van der Waals surface area contributed by atoms with Gasteiger partial charge in [-0.3, -0.25) is 9.78 Å². The zero-order valence-corrected chi connectivity index (χ0v) is 18.6. The average Bonchev–Trinajstić information content (AvgIpc) is 3.39. The molecule has 9 heteroatoms. The molecule has 0 aliphatic carbocycles. The molecule has 7 nitrogen and oxygen atoms in total. The van der Waals surface area contributed by atoms with Gasteiger partial charge in [0.2, 0.25) is 0 Å². The summed E-state index contributed by atoms with van der Waals surface area (Å²) in [5.41, 5.74) is 1.27. The lowest BCUT2D eigenvalue weighted by atomic mass is 10.0. The number of carbonyl (C=O) groups excluding carboxylic acids is 2. The third-order valence-corrected chi connectivity index (χ3v) is 5.80. The van der Waals surface area contributed by atoms with Gasteiger partial charge in [0, 0.05) is 24.3 Å². The number of nitrogens with one attached hydrogen (secondary N) is 2. The minimum Gasteiger partial charge on any atom is -0.355 e. The quantitative estimate of drug-likeness (QED) is 0.380. The molecule has 2 N–H and O–H groups in total. The van der Waals surface area contributed by atoms with Crippen LogP contribution in [-0.2, 0) is 0 Å². The van der Waals surface area contributed by atoms with Crippen molar-refractivity contribution in [2.45, 2.75) is 12.8 Å². The van der Waals surface area contributed by atoms with Crippen LogP contribution in [0, 0.1) is 11.6 Å². The van der Waals surface area contributed by atoms with E-state index in [1.54, 1.807) is 24.4 Å². The van der Waals surface area contributed by atoms with Crippen molar-refractivity contribution in [1.29, 1.82) is 0 Å². The minimum absolute atomic E-state index is 0.179. The number of benzene rings is 3. The number of urea groups is 1. The third kappa shape index (κ3) is 4.79. The predicted molar refractivity (Wildman–Crippen MR) is 130 cm³/mol. The number of hydrogen-bond donors (Lipinski definition) is 2. The van der Waals surface area contributed by atoms with Gasteiger partial charge in [-0.15, -0.1) is 0 Å². The summed E-state index contributed by atoms with van der Waals surface area (Å²) in [6.45, 7) is 1.83. The molecule has 1 saturated heterocycles. The second-order valence-corrected chi connectivity index (χ2v) is 8.21. The third-order valence-electron chi connectivity index (χ3n) is 5.80. The maximum absolute atomic E-state index is 15.2. The minimum atomic E-state index is -0.871. The first-order valence-corrected chi connectivity index (χ1v) is 11.2. The SMILES string of the molecule is O=C(Nc1cccc(F)c1)Nc1cccc(C(=O)c2ccc3ncc(N4CCCC4)nc3c2)c1F. The molecule has 2 heterocycles. The van der Waals surface area contributed by atoms with Gasteiger partial charge in [-0.25, -0.2) is 18.6 Å². The van der Waals surface area contributed by atoms with Crippen molar-refractivity contribution in [3.8, 4) is 0 Å². The number of aromatic nitrogens is 2. The Morgan fingerprint density at radius 1 is 0.886 bits per heavy atom. The van der Waals surface area contributed by atoms with Crippen molar-refractivity contribution in [2.24, 2.45) is 0 Å². The molecule has 0 atom stereocenters. The van der Waals surface area contributed by atoms with Crippen molar-refractivity contribution in [3.63, 3.8) is 0 Å². The zero-order valence-electron chi connectivity index (χ0n) is 18.6. The maximum Gasteiger partial charge on any atom is 0.323 e. The van der Waals surface area contributed by atoms with Gasteiger partial charge in [0.25, 0.3) is 0 Å². The number of carbonyl (C=O) groups is 2. The summed E-state index contributed by atoms with van der Waals surface area (Å²) >= 11 is 0. The molecule has 4 aromatic rings. The number of ketones is 1. The van der Waals surface area contributed by atoms with Crippen LogP contribution in [0.2, 0.25) is 0 Å². The zero-order chi connectivity index (χ0) is 24.4. The Morgan fingerprint density at radius 3 is 2.49 bits per heavy atom. The topological polar surface area (TPSA) is 87.2 Å². The molecule has 0 saturated carbocycles. The number of hydrogen-bond acceptors (Lipinski definition) is 5. The first kappa shape index (κ1) is 22.4. The highest BCUT2D eigenvalue weighted by Gasteiger charge is 2.20. The van der Waals surface area contributed by atoms with Crippen molar-refractivity contribution < 1.29 is 18.4 Å². The van der Waals surface area contributed by atoms with Crippen LogP contribution < -0.4 is 15.5 Å². The molecule has 1 aromatic heterocycles. The summed E-state index contributed by atoms with van der Waals surface area (Å²) in [7, 11) is 0. The fraction of sp³-hybridized carbons (Fsp3) is 0.154. The standard InChI is InChI=1S/C26H21F2N5O2/c27-17-5-3-6-18(14-17)30-26(35)32-21-8-4-7-19(24(21)28)25(34)16-9-10-20-22(13-16)31-23(15-29-20)33-11-1-2-12-33/h3-10,13-15H,1-2,11-12H2,(H2,30,32,35). The Kier molecular flexibility index (Phi) is 6.05. The molecule has 0 spiro atoms. The Bertz CT molecular complexity index is 1440. The highest BCUT2D eigenvalue weighted by Crippen LogP contribution is 2.24. The number of halogens is 2. The Labute approximate surface area is 199 Å². The van der Waals surface area contributed by atoms with E-state index in [0.717, 1.165) is 37.8 Å². The Balaban J connectivity index is 1.38. The van der Waals surface area contributed by atoms with Crippen LogP contribution in [0.3, 0.4) is 0 Å². The van der Waals surface area contributed by atoms with Crippen LogP contribution in [0.25, 0.3) is 11.0 Å². The van der Waals surface area contributed by atoms with Crippen LogP contribution in [0.15, 0.2) is 66.9 Å². The molecule has 0 unspecified atom stereocenters. The summed E-state index contributed by atoms with van der Waals surface area (Å²) in [5.74, 6) is -1.19. The van der Waals surface area contributed by atoms with Crippen LogP contribution in [0.4, 0.5) is 30.8 Å². The van der Waals surface area contributed by atoms with Crippen LogP contribution in [0.1, 0.15) is 28.8 Å². The number of amides is 2. The Hall–Kier alpha value is -4.40. The molecule has 2 amide bonds. The number of fused-ring (bicyclic) bond motifs is 1. The van der Waals surface area contributed by atoms with E-state index < -0.39 is 23.4 Å². The second-order valence-electron chi connectivity index (χ2n) is 8.21. The van der Waals surface area contributed by atoms with Crippen molar-refractivity contribution >= 4 is 40.0 Å². The smallest absolute Gasteiger partial charge is 0.323 e. The highest BCUT2D eigenvalue weighted by molar-refractivity contribution is 6.11. The van der Waals surface area contributed by atoms with Gasteiger partial charge in [-0.05, 0) is 61.4 Å². The summed E-state index contributed by atoms with van der Waals surface area (Å²) in [6.07, 6.45) is 3.92. The number of nitrogens with zero attached hydrogens (tertiary/aromatic N) is 3. The van der Waals surface area contributed by atoms with E-state index in [0.29, 0.717) is 11.0 Å². The van der Waals surface area contributed by atoms with E-state index in [2.05, 4.69) is 25.5 Å². The summed E-state index contributed by atoms with van der Waals surface area (Å²) < 4.78 is 28.5. The van der Waals surface area contributed by atoms with Gasteiger partial charge in [0.1, 0.15) is 11.6 Å². The number of anilines is 3. The fourth-order valence-corrected chi connectivity index (χ4v) is 4.05. The van der Waals surface area contributed by atoms with Gasteiger partial charge in [-0.1, -0.05) is 12.1 Å². The van der Waals surface area contributed by atoms with E-state index in [-0.39, 0.29) is 22.5 Å². The van der Waals surface area contributed by atoms with E-state index in [4.69, 9.17) is 0 Å². The number of rotatable bonds is 5. The molecule has 1 fully saturated rings. The van der Waals surface area contributed by atoms with Gasteiger partial charge >= 0.3 is 6.03 Å². The molecule has 35 heavy (non-hydrogen) atoms. The molecular formula is C26H21F2N5O2. The van der Waals surface area contributed by atoms with Crippen molar-refractivity contribution in [3.05, 3.63) is 89.6 Å². The lowest BCUT2D eigenvalue weighted by molar-refractivity contribution is 0.103. The first-order chi connectivity index (χ1) is 17.0. The molecule has 1 aliphatic heterocycles. The van der Waals surface area contributed by atoms with E-state index in [1.165, 1.54) is 36.4 Å². The van der Waals surface area contributed by atoms with Crippen LogP contribution in [-0.4, -0.2) is 34.9 Å². The summed E-state index contributed by atoms with van der Waals surface area (Å²) in [5, 5.41) is 4.79. The van der Waals surface area contributed by atoms with E-state index in [1.807, 2.05) is 0 Å². The molecule has 176 valence electrons. The molecular weight excluding hydrogens is 452 g/mol. The molecule has 0 radical (unpaired) electrons. The van der Waals surface area contributed by atoms with Crippen molar-refractivity contribution in [1.82, 2.24) is 9.97 Å². The van der Waals surface area contributed by atoms with E-state index in [9.17, 15) is 14.0 Å². The highest BCUT2D eigenvalue weighted by atomic mass is 19.1. The predicted octanol–water partition coefficient (Wildman–Crippen LogP) is 5.38. The maximum atomic E-state index is 15.2. The average molecular weight is 473 g/mol. The molecule has 5 rings (SSSR count). The molecule has 0 bridgehead atoms. The molecule has 1 aliphatic rings. The van der Waals surface area contributed by atoms with Gasteiger partial charge in [0.15, 0.2) is 11.6 Å². The van der Waals surface area contributed by atoms with Gasteiger partial charge in [0.05, 0.1) is 28.5 Å².